The number of rotatable bonds is 6. The Balaban J connectivity index is 1.76. The van der Waals surface area contributed by atoms with Crippen LogP contribution >= 0.6 is 0 Å². The van der Waals surface area contributed by atoms with Gasteiger partial charge in [0.1, 0.15) is 18.7 Å². The maximum Gasteiger partial charge on any atom is 0.241 e. The monoisotopic (exact) mass is 318 g/mol. The van der Waals surface area contributed by atoms with Gasteiger partial charge in [-0.3, -0.25) is 4.79 Å². The van der Waals surface area contributed by atoms with Gasteiger partial charge in [-0.15, -0.1) is 0 Å². The topological polar surface area (TPSA) is 85.2 Å². The molecule has 0 radical (unpaired) electrons. The van der Waals surface area contributed by atoms with E-state index in [0.717, 1.165) is 24.3 Å². The Morgan fingerprint density at radius 2 is 2.13 bits per heavy atom. The summed E-state index contributed by atoms with van der Waals surface area (Å²) in [7, 11) is 1.60. The first-order valence-corrected chi connectivity index (χ1v) is 7.96. The van der Waals surface area contributed by atoms with Gasteiger partial charge in [-0.1, -0.05) is 0 Å². The molecule has 1 saturated heterocycles. The molecule has 0 spiro atoms. The Morgan fingerprint density at radius 3 is 2.91 bits per heavy atom. The zero-order valence-electron chi connectivity index (χ0n) is 13.4. The molecule has 2 aromatic rings. The second-order valence-electron chi connectivity index (χ2n) is 5.63. The molecule has 8 nitrogen and oxygen atoms in total. The highest BCUT2D eigenvalue weighted by Gasteiger charge is 2.18. The minimum atomic E-state index is -0.106. The maximum atomic E-state index is 11.9. The third-order valence-electron chi connectivity index (χ3n) is 3.99. The molecular weight excluding hydrogens is 296 g/mol. The molecule has 3 rings (SSSR count). The molecule has 124 valence electrons. The molecule has 0 unspecified atom stereocenters. The number of nitrogens with one attached hydrogen (secondary N) is 1. The van der Waals surface area contributed by atoms with Crippen LogP contribution in [0.3, 0.4) is 0 Å². The van der Waals surface area contributed by atoms with E-state index >= 15 is 0 Å². The molecule has 0 bridgehead atoms. The number of anilines is 1. The van der Waals surface area contributed by atoms with Gasteiger partial charge in [0.05, 0.1) is 18.2 Å². The molecule has 3 heterocycles. The van der Waals surface area contributed by atoms with Crippen molar-refractivity contribution in [2.45, 2.75) is 25.8 Å². The second-order valence-corrected chi connectivity index (χ2v) is 5.63. The van der Waals surface area contributed by atoms with Gasteiger partial charge in [-0.25, -0.2) is 14.6 Å². The fourth-order valence-electron chi connectivity index (χ4n) is 2.84. The second kappa shape index (κ2) is 7.36. The van der Waals surface area contributed by atoms with Gasteiger partial charge < -0.3 is 15.0 Å². The van der Waals surface area contributed by atoms with E-state index in [1.54, 1.807) is 24.3 Å². The molecule has 0 aliphatic carbocycles. The molecule has 1 aliphatic rings. The summed E-state index contributed by atoms with van der Waals surface area (Å²) in [6.45, 7) is 3.14. The Hall–Kier alpha value is -2.22. The van der Waals surface area contributed by atoms with Crippen molar-refractivity contribution < 1.29 is 9.53 Å². The first-order chi connectivity index (χ1) is 11.3. The maximum absolute atomic E-state index is 11.9. The third kappa shape index (κ3) is 3.58. The smallest absolute Gasteiger partial charge is 0.241 e. The summed E-state index contributed by atoms with van der Waals surface area (Å²) in [5.74, 6) is 0.811. The van der Waals surface area contributed by atoms with Gasteiger partial charge in [0.25, 0.3) is 0 Å². The molecule has 0 aromatic carbocycles. The fourth-order valence-corrected chi connectivity index (χ4v) is 2.84. The standard InChI is InChI=1S/C15H22N6O2/c1-23-8-5-16-13(22)10-21-15-12(9-19-21)14(17-11-18-15)20-6-3-2-4-7-20/h9,11H,2-8,10H2,1H3,(H,16,22). The lowest BCUT2D eigenvalue weighted by Gasteiger charge is -2.27. The van der Waals surface area contributed by atoms with Crippen molar-refractivity contribution in [1.29, 1.82) is 0 Å². The van der Waals surface area contributed by atoms with Crippen molar-refractivity contribution in [3.8, 4) is 0 Å². The number of carbonyl (C=O) groups excluding carboxylic acids is 1. The van der Waals surface area contributed by atoms with E-state index < -0.39 is 0 Å². The van der Waals surface area contributed by atoms with Crippen LogP contribution in [0.25, 0.3) is 11.0 Å². The Kier molecular flexibility index (Phi) is 5.02. The normalized spacial score (nSPS) is 15.1. The number of nitrogens with zero attached hydrogens (tertiary/aromatic N) is 5. The summed E-state index contributed by atoms with van der Waals surface area (Å²) >= 11 is 0. The molecule has 23 heavy (non-hydrogen) atoms. The van der Waals surface area contributed by atoms with E-state index in [2.05, 4.69) is 25.3 Å². The van der Waals surface area contributed by atoms with E-state index in [4.69, 9.17) is 4.74 Å². The van der Waals surface area contributed by atoms with Gasteiger partial charge in [-0.05, 0) is 19.3 Å². The number of hydrogen-bond donors (Lipinski definition) is 1. The molecule has 1 amide bonds. The van der Waals surface area contributed by atoms with Crippen LogP contribution in [0.2, 0.25) is 0 Å². The SMILES string of the molecule is COCCNC(=O)Cn1ncc2c(N3CCCCC3)ncnc21. The largest absolute Gasteiger partial charge is 0.383 e. The Morgan fingerprint density at radius 1 is 1.30 bits per heavy atom. The van der Waals surface area contributed by atoms with Crippen LogP contribution < -0.4 is 10.2 Å². The molecule has 2 aromatic heterocycles. The van der Waals surface area contributed by atoms with E-state index in [9.17, 15) is 4.79 Å². The first-order valence-electron chi connectivity index (χ1n) is 7.96. The molecule has 1 aliphatic heterocycles. The summed E-state index contributed by atoms with van der Waals surface area (Å²) in [6, 6.07) is 0. The fraction of sp³-hybridized carbons (Fsp3) is 0.600. The Labute approximate surface area is 134 Å². The summed E-state index contributed by atoms with van der Waals surface area (Å²) in [4.78, 5) is 22.9. The van der Waals surface area contributed by atoms with Crippen molar-refractivity contribution in [3.63, 3.8) is 0 Å². The predicted molar refractivity (Wildman–Crippen MR) is 86.3 cm³/mol. The van der Waals surface area contributed by atoms with Crippen LogP contribution in [0.4, 0.5) is 5.82 Å². The number of methoxy groups -OCH3 is 1. The number of fused-ring (bicyclic) bond motifs is 1. The molecular formula is C15H22N6O2. The van der Waals surface area contributed by atoms with E-state index in [1.165, 1.54) is 19.3 Å². The van der Waals surface area contributed by atoms with Crippen molar-refractivity contribution in [2.75, 3.05) is 38.3 Å². The highest BCUT2D eigenvalue weighted by molar-refractivity contribution is 5.87. The third-order valence-corrected chi connectivity index (χ3v) is 3.99. The van der Waals surface area contributed by atoms with E-state index in [-0.39, 0.29) is 12.5 Å². The van der Waals surface area contributed by atoms with Crippen LogP contribution in [0, 0.1) is 0 Å². The average molecular weight is 318 g/mol. The van der Waals surface area contributed by atoms with Crippen LogP contribution in [-0.4, -0.2) is 59.0 Å². The summed E-state index contributed by atoms with van der Waals surface area (Å²) in [6.07, 6.45) is 6.93. The molecule has 0 atom stereocenters. The lowest BCUT2D eigenvalue weighted by atomic mass is 10.1. The minimum Gasteiger partial charge on any atom is -0.383 e. The number of carbonyl (C=O) groups is 1. The summed E-state index contributed by atoms with van der Waals surface area (Å²) in [5, 5.41) is 8.00. The van der Waals surface area contributed by atoms with Gasteiger partial charge in [-0.2, -0.15) is 5.10 Å². The van der Waals surface area contributed by atoms with Crippen molar-refractivity contribution in [3.05, 3.63) is 12.5 Å². The lowest BCUT2D eigenvalue weighted by molar-refractivity contribution is -0.121. The number of hydrogen-bond acceptors (Lipinski definition) is 6. The van der Waals surface area contributed by atoms with Gasteiger partial charge >= 0.3 is 0 Å². The van der Waals surface area contributed by atoms with Crippen LogP contribution in [0.5, 0.6) is 0 Å². The zero-order chi connectivity index (χ0) is 16.1. The van der Waals surface area contributed by atoms with Crippen molar-refractivity contribution >= 4 is 22.8 Å². The molecule has 1 N–H and O–H groups in total. The van der Waals surface area contributed by atoms with Crippen LogP contribution in [0.15, 0.2) is 12.5 Å². The summed E-state index contributed by atoms with van der Waals surface area (Å²) in [5.41, 5.74) is 0.697. The predicted octanol–water partition coefficient (Wildman–Crippen LogP) is 0.579. The number of ether oxygens (including phenoxy) is 1. The molecule has 0 saturated carbocycles. The highest BCUT2D eigenvalue weighted by Crippen LogP contribution is 2.25. The van der Waals surface area contributed by atoms with E-state index in [1.807, 2.05) is 0 Å². The van der Waals surface area contributed by atoms with Crippen molar-refractivity contribution in [2.24, 2.45) is 0 Å². The highest BCUT2D eigenvalue weighted by atomic mass is 16.5. The van der Waals surface area contributed by atoms with E-state index in [0.29, 0.717) is 18.8 Å². The first kappa shape index (κ1) is 15.7. The van der Waals surface area contributed by atoms with Gasteiger partial charge in [0, 0.05) is 26.7 Å². The Bertz CT molecular complexity index is 665. The zero-order valence-corrected chi connectivity index (χ0v) is 13.4. The molecule has 8 heteroatoms. The van der Waals surface area contributed by atoms with Crippen LogP contribution in [-0.2, 0) is 16.1 Å². The number of aromatic nitrogens is 4. The summed E-state index contributed by atoms with van der Waals surface area (Å²) < 4.78 is 6.53. The lowest BCUT2D eigenvalue weighted by Crippen LogP contribution is -2.31. The van der Waals surface area contributed by atoms with Gasteiger partial charge in [0.2, 0.25) is 5.91 Å². The average Bonchev–Trinajstić information content (AvgIpc) is 2.99. The quantitative estimate of drug-likeness (QED) is 0.784. The molecule has 1 fully saturated rings. The van der Waals surface area contributed by atoms with Gasteiger partial charge in [0.15, 0.2) is 5.65 Å². The number of piperidine rings is 1. The minimum absolute atomic E-state index is 0.106. The van der Waals surface area contributed by atoms with Crippen LogP contribution in [0.1, 0.15) is 19.3 Å². The van der Waals surface area contributed by atoms with Crippen molar-refractivity contribution in [1.82, 2.24) is 25.1 Å². The number of amides is 1.